The molecule has 0 saturated heterocycles. The van der Waals surface area contributed by atoms with Gasteiger partial charge in [-0.05, 0) is 60.2 Å². The van der Waals surface area contributed by atoms with Gasteiger partial charge in [-0.25, -0.2) is 0 Å². The Morgan fingerprint density at radius 1 is 1.09 bits per heavy atom. The Kier molecular flexibility index (Phi) is 7.51. The average molecular weight is 360 g/mol. The molecule has 1 atom stereocenters. The van der Waals surface area contributed by atoms with Gasteiger partial charge in [0, 0.05) is 23.3 Å². The Balaban J connectivity index is 0.00000121. The van der Waals surface area contributed by atoms with E-state index in [1.807, 2.05) is 24.3 Å². The van der Waals surface area contributed by atoms with Crippen molar-refractivity contribution in [2.75, 3.05) is 5.73 Å². The first-order chi connectivity index (χ1) is 9.70. The quantitative estimate of drug-likeness (QED) is 0.796. The Bertz CT molecular complexity index is 617. The number of rotatable bonds is 3. The zero-order chi connectivity index (χ0) is 13.9. The van der Waals surface area contributed by atoms with E-state index in [2.05, 4.69) is 23.5 Å². The van der Waals surface area contributed by atoms with Gasteiger partial charge in [-0.15, -0.1) is 24.8 Å². The highest BCUT2D eigenvalue weighted by molar-refractivity contribution is 6.30. The summed E-state index contributed by atoms with van der Waals surface area (Å²) < 4.78 is 0. The summed E-state index contributed by atoms with van der Waals surface area (Å²) >= 11 is 6.01. The fraction of sp³-hybridized carbons (Fsp3) is 0.294. The number of benzene rings is 2. The van der Waals surface area contributed by atoms with Gasteiger partial charge in [0.15, 0.2) is 0 Å². The van der Waals surface area contributed by atoms with Crippen LogP contribution in [0.5, 0.6) is 0 Å². The van der Waals surface area contributed by atoms with E-state index in [9.17, 15) is 0 Å². The molecule has 3 N–H and O–H groups in total. The van der Waals surface area contributed by atoms with Crippen molar-refractivity contribution >= 4 is 42.1 Å². The monoisotopic (exact) mass is 358 g/mol. The van der Waals surface area contributed by atoms with Gasteiger partial charge >= 0.3 is 0 Å². The number of hydrogen-bond acceptors (Lipinski definition) is 2. The molecule has 0 spiro atoms. The molecule has 0 bridgehead atoms. The van der Waals surface area contributed by atoms with Gasteiger partial charge in [-0.3, -0.25) is 0 Å². The van der Waals surface area contributed by atoms with Crippen molar-refractivity contribution in [2.24, 2.45) is 0 Å². The number of nitrogens with one attached hydrogen (secondary N) is 1. The molecular weight excluding hydrogens is 339 g/mol. The third-order valence-electron chi connectivity index (χ3n) is 3.94. The summed E-state index contributed by atoms with van der Waals surface area (Å²) in [6.45, 7) is 0.864. The number of nitrogens with two attached hydrogens (primary N) is 1. The lowest BCUT2D eigenvalue weighted by Crippen LogP contribution is -2.34. The van der Waals surface area contributed by atoms with Crippen molar-refractivity contribution < 1.29 is 0 Å². The minimum absolute atomic E-state index is 0. The van der Waals surface area contributed by atoms with E-state index in [1.54, 1.807) is 0 Å². The van der Waals surface area contributed by atoms with Crippen LogP contribution in [0.15, 0.2) is 42.5 Å². The van der Waals surface area contributed by atoms with Crippen LogP contribution in [0, 0.1) is 0 Å². The largest absolute Gasteiger partial charge is 0.399 e. The van der Waals surface area contributed by atoms with E-state index in [4.69, 9.17) is 17.3 Å². The molecule has 0 aliphatic heterocycles. The van der Waals surface area contributed by atoms with E-state index in [-0.39, 0.29) is 24.8 Å². The van der Waals surface area contributed by atoms with Gasteiger partial charge in [-0.2, -0.15) is 0 Å². The lowest BCUT2D eigenvalue weighted by molar-refractivity contribution is 0.458. The van der Waals surface area contributed by atoms with Crippen LogP contribution >= 0.6 is 36.4 Å². The van der Waals surface area contributed by atoms with E-state index < -0.39 is 0 Å². The molecule has 5 heteroatoms. The lowest BCUT2D eigenvalue weighted by Gasteiger charge is -2.26. The normalized spacial score (nSPS) is 16.1. The molecule has 0 aromatic heterocycles. The van der Waals surface area contributed by atoms with E-state index in [1.165, 1.54) is 23.1 Å². The van der Waals surface area contributed by atoms with Gasteiger partial charge in [0.05, 0.1) is 0 Å². The molecule has 1 unspecified atom stereocenters. The fourth-order valence-corrected chi connectivity index (χ4v) is 3.07. The molecule has 2 aromatic rings. The highest BCUT2D eigenvalue weighted by Gasteiger charge is 2.18. The number of aryl methyl sites for hydroxylation is 1. The molecule has 0 radical (unpaired) electrons. The average Bonchev–Trinajstić information content (AvgIpc) is 2.45. The maximum absolute atomic E-state index is 6.01. The van der Waals surface area contributed by atoms with Gasteiger partial charge in [0.1, 0.15) is 0 Å². The van der Waals surface area contributed by atoms with Crippen molar-refractivity contribution in [1.29, 1.82) is 0 Å². The van der Waals surface area contributed by atoms with Gasteiger partial charge in [0.25, 0.3) is 0 Å². The third kappa shape index (κ3) is 4.79. The number of hydrogen-bond donors (Lipinski definition) is 2. The Morgan fingerprint density at radius 2 is 1.91 bits per heavy atom. The van der Waals surface area contributed by atoms with Crippen LogP contribution in [-0.4, -0.2) is 6.04 Å². The first-order valence-corrected chi connectivity index (χ1v) is 7.43. The second kappa shape index (κ2) is 8.64. The summed E-state index contributed by atoms with van der Waals surface area (Å²) in [4.78, 5) is 0. The molecule has 3 rings (SSSR count). The predicted octanol–water partition coefficient (Wildman–Crippen LogP) is 4.41. The first kappa shape index (κ1) is 19.1. The molecular formula is C17H21Cl3N2. The second-order valence-electron chi connectivity index (χ2n) is 5.48. The standard InChI is InChI=1S/C17H19ClN2.2ClH/c18-15-3-1-2-12(8-15)11-20-17-7-5-13-4-6-16(19)9-14(13)10-17;;/h1-4,6,8-9,17,20H,5,7,10-11,19H2;2*1H. The van der Waals surface area contributed by atoms with E-state index in [0.29, 0.717) is 6.04 Å². The van der Waals surface area contributed by atoms with Gasteiger partial charge in [0.2, 0.25) is 0 Å². The maximum Gasteiger partial charge on any atom is 0.0409 e. The van der Waals surface area contributed by atoms with Crippen LogP contribution in [0.2, 0.25) is 5.02 Å². The van der Waals surface area contributed by atoms with Crippen LogP contribution in [0.1, 0.15) is 23.1 Å². The smallest absolute Gasteiger partial charge is 0.0409 e. The summed E-state index contributed by atoms with van der Waals surface area (Å²) in [7, 11) is 0. The minimum Gasteiger partial charge on any atom is -0.399 e. The molecule has 22 heavy (non-hydrogen) atoms. The van der Waals surface area contributed by atoms with Crippen LogP contribution in [0.3, 0.4) is 0 Å². The first-order valence-electron chi connectivity index (χ1n) is 7.06. The number of halogens is 3. The van der Waals surface area contributed by atoms with Crippen molar-refractivity contribution in [1.82, 2.24) is 5.32 Å². The zero-order valence-electron chi connectivity index (χ0n) is 12.2. The topological polar surface area (TPSA) is 38.0 Å². The summed E-state index contributed by atoms with van der Waals surface area (Å²) in [5, 5.41) is 4.42. The van der Waals surface area contributed by atoms with Crippen LogP contribution in [-0.2, 0) is 19.4 Å². The molecule has 0 heterocycles. The summed E-state index contributed by atoms with van der Waals surface area (Å²) in [6.07, 6.45) is 3.36. The van der Waals surface area contributed by atoms with Crippen molar-refractivity contribution in [3.63, 3.8) is 0 Å². The maximum atomic E-state index is 6.01. The predicted molar refractivity (Wildman–Crippen MR) is 99.5 cm³/mol. The van der Waals surface area contributed by atoms with Crippen molar-refractivity contribution in [3.05, 3.63) is 64.2 Å². The fourth-order valence-electron chi connectivity index (χ4n) is 2.86. The number of fused-ring (bicyclic) bond motifs is 1. The van der Waals surface area contributed by atoms with E-state index in [0.717, 1.165) is 30.1 Å². The minimum atomic E-state index is 0. The Labute approximate surface area is 149 Å². The molecule has 0 fully saturated rings. The van der Waals surface area contributed by atoms with E-state index >= 15 is 0 Å². The number of nitrogen functional groups attached to an aromatic ring is 1. The van der Waals surface area contributed by atoms with Gasteiger partial charge in [-0.1, -0.05) is 29.8 Å². The van der Waals surface area contributed by atoms with Crippen molar-refractivity contribution in [2.45, 2.75) is 31.8 Å². The Hall–Kier alpha value is -0.930. The van der Waals surface area contributed by atoms with Crippen LogP contribution < -0.4 is 11.1 Å². The second-order valence-corrected chi connectivity index (χ2v) is 5.92. The van der Waals surface area contributed by atoms with Crippen LogP contribution in [0.4, 0.5) is 5.69 Å². The molecule has 1 aliphatic rings. The molecule has 0 saturated carbocycles. The van der Waals surface area contributed by atoms with Crippen molar-refractivity contribution in [3.8, 4) is 0 Å². The highest BCUT2D eigenvalue weighted by Crippen LogP contribution is 2.23. The lowest BCUT2D eigenvalue weighted by atomic mass is 9.88. The SMILES string of the molecule is Cl.Cl.Nc1ccc2c(c1)CC(NCc1cccc(Cl)c1)CC2. The summed E-state index contributed by atoms with van der Waals surface area (Å²) in [5.74, 6) is 0. The molecule has 120 valence electrons. The molecule has 2 nitrogen and oxygen atoms in total. The van der Waals surface area contributed by atoms with Gasteiger partial charge < -0.3 is 11.1 Å². The van der Waals surface area contributed by atoms with Crippen LogP contribution in [0.25, 0.3) is 0 Å². The Morgan fingerprint density at radius 3 is 2.68 bits per heavy atom. The third-order valence-corrected chi connectivity index (χ3v) is 4.18. The summed E-state index contributed by atoms with van der Waals surface area (Å²) in [6, 6.07) is 14.8. The highest BCUT2D eigenvalue weighted by atomic mass is 35.5. The summed E-state index contributed by atoms with van der Waals surface area (Å²) in [5.41, 5.74) is 10.8. The molecule has 0 amide bonds. The molecule has 2 aromatic carbocycles. The molecule has 1 aliphatic carbocycles. The zero-order valence-corrected chi connectivity index (χ0v) is 14.6. The number of anilines is 1.